The fourth-order valence-corrected chi connectivity index (χ4v) is 3.88. The van der Waals surface area contributed by atoms with Gasteiger partial charge < -0.3 is 14.8 Å². The number of hydrogen-bond donors (Lipinski definition) is 2. The molecule has 1 aliphatic heterocycles. The van der Waals surface area contributed by atoms with Gasteiger partial charge >= 0.3 is 6.03 Å². The Labute approximate surface area is 225 Å². The first-order chi connectivity index (χ1) is 17.8. The van der Waals surface area contributed by atoms with Crippen LogP contribution in [0.5, 0.6) is 11.5 Å². The van der Waals surface area contributed by atoms with E-state index in [4.69, 9.17) is 21.1 Å². The van der Waals surface area contributed by atoms with Crippen molar-refractivity contribution in [1.82, 2.24) is 5.32 Å². The van der Waals surface area contributed by atoms with E-state index >= 15 is 0 Å². The molecule has 0 aromatic heterocycles. The zero-order valence-corrected chi connectivity index (χ0v) is 21.6. The molecule has 1 fully saturated rings. The Balaban J connectivity index is 1.51. The van der Waals surface area contributed by atoms with Crippen LogP contribution in [0.25, 0.3) is 6.08 Å². The van der Waals surface area contributed by atoms with Crippen LogP contribution in [-0.4, -0.2) is 37.5 Å². The van der Waals surface area contributed by atoms with Gasteiger partial charge in [0, 0.05) is 4.47 Å². The molecule has 0 spiro atoms. The summed E-state index contributed by atoms with van der Waals surface area (Å²) in [6.07, 6.45) is 1.34. The summed E-state index contributed by atoms with van der Waals surface area (Å²) in [5.74, 6) is -1.48. The molecule has 11 heteroatoms. The number of ether oxygens (including phenoxy) is 2. The number of amides is 5. The number of nitrogens with one attached hydrogen (secondary N) is 2. The molecule has 0 aliphatic carbocycles. The second-order valence-corrected chi connectivity index (χ2v) is 8.98. The van der Waals surface area contributed by atoms with Crippen LogP contribution in [0, 0.1) is 0 Å². The highest BCUT2D eigenvalue weighted by Gasteiger charge is 2.36. The number of nitrogens with zero attached hydrogens (tertiary/aromatic N) is 1. The maximum Gasteiger partial charge on any atom is 0.335 e. The highest BCUT2D eigenvalue weighted by atomic mass is 79.9. The molecule has 188 valence electrons. The number of imide groups is 2. The summed E-state index contributed by atoms with van der Waals surface area (Å²) in [5, 5.41) is 5.23. The van der Waals surface area contributed by atoms with E-state index in [9.17, 15) is 19.2 Å². The van der Waals surface area contributed by atoms with Crippen LogP contribution in [0.15, 0.2) is 76.8 Å². The number of halogens is 2. The van der Waals surface area contributed by atoms with E-state index in [-0.39, 0.29) is 23.7 Å². The van der Waals surface area contributed by atoms with E-state index in [0.29, 0.717) is 22.0 Å². The number of benzene rings is 3. The Morgan fingerprint density at radius 2 is 1.78 bits per heavy atom. The molecular formula is C26H19BrClN3O6. The van der Waals surface area contributed by atoms with E-state index in [1.165, 1.54) is 25.3 Å². The van der Waals surface area contributed by atoms with E-state index in [1.807, 2.05) is 0 Å². The van der Waals surface area contributed by atoms with Gasteiger partial charge in [0.15, 0.2) is 18.1 Å². The summed E-state index contributed by atoms with van der Waals surface area (Å²) in [7, 11) is 1.41. The zero-order valence-electron chi connectivity index (χ0n) is 19.3. The quantitative estimate of drug-likeness (QED) is 0.305. The number of carbonyl (C=O) groups is 4. The minimum atomic E-state index is -0.842. The summed E-state index contributed by atoms with van der Waals surface area (Å²) in [6.45, 7) is -0.312. The summed E-state index contributed by atoms with van der Waals surface area (Å²) < 4.78 is 11.7. The van der Waals surface area contributed by atoms with Crippen LogP contribution in [0.2, 0.25) is 5.02 Å². The number of barbiturate groups is 1. The van der Waals surface area contributed by atoms with E-state index < -0.39 is 23.8 Å². The van der Waals surface area contributed by atoms with Gasteiger partial charge in [-0.05, 0) is 60.2 Å². The summed E-state index contributed by atoms with van der Waals surface area (Å²) in [5.41, 5.74) is 0.962. The molecule has 0 bridgehead atoms. The lowest BCUT2D eigenvalue weighted by molar-refractivity contribution is -0.122. The smallest absolute Gasteiger partial charge is 0.335 e. The highest BCUT2D eigenvalue weighted by molar-refractivity contribution is 9.10. The van der Waals surface area contributed by atoms with Crippen molar-refractivity contribution in [3.63, 3.8) is 0 Å². The van der Waals surface area contributed by atoms with Gasteiger partial charge in [0.2, 0.25) is 0 Å². The Morgan fingerprint density at radius 3 is 2.49 bits per heavy atom. The molecule has 4 rings (SSSR count). The van der Waals surface area contributed by atoms with Gasteiger partial charge in [-0.1, -0.05) is 45.7 Å². The number of carbonyl (C=O) groups excluding carboxylic acids is 4. The number of anilines is 2. The third-order valence-electron chi connectivity index (χ3n) is 5.19. The molecule has 0 radical (unpaired) electrons. The van der Waals surface area contributed by atoms with Gasteiger partial charge in [-0.15, -0.1) is 0 Å². The fraction of sp³-hybridized carbons (Fsp3) is 0.0769. The van der Waals surface area contributed by atoms with Crippen molar-refractivity contribution in [2.24, 2.45) is 0 Å². The first-order valence-corrected chi connectivity index (χ1v) is 12.0. The highest BCUT2D eigenvalue weighted by Crippen LogP contribution is 2.30. The maximum atomic E-state index is 13.1. The third kappa shape index (κ3) is 5.99. The lowest BCUT2D eigenvalue weighted by Crippen LogP contribution is -2.54. The molecule has 0 unspecified atom stereocenters. The van der Waals surface area contributed by atoms with Crippen molar-refractivity contribution < 1.29 is 28.7 Å². The zero-order chi connectivity index (χ0) is 26.5. The molecule has 3 aromatic rings. The number of urea groups is 1. The Hall–Kier alpha value is -4.15. The molecule has 5 amide bonds. The first-order valence-electron chi connectivity index (χ1n) is 10.8. The minimum absolute atomic E-state index is 0.239. The monoisotopic (exact) mass is 583 g/mol. The SMILES string of the molecule is COc1cc(/C=C2\C(=O)NC(=O)N(c3ccc(Br)cc3)C2=O)ccc1OCC(=O)Nc1ccccc1Cl. The van der Waals surface area contributed by atoms with Crippen LogP contribution in [0.3, 0.4) is 0 Å². The maximum absolute atomic E-state index is 13.1. The van der Waals surface area contributed by atoms with Gasteiger partial charge in [-0.2, -0.15) is 0 Å². The number of para-hydroxylation sites is 1. The standard InChI is InChI=1S/C26H19BrClN3O6/c1-36-22-13-15(6-11-21(22)37-14-23(32)29-20-5-3-2-4-19(20)28)12-18-24(33)30-26(35)31(25(18)34)17-9-7-16(27)8-10-17/h2-13H,14H2,1H3,(H,29,32)(H,30,33,35)/b18-12+. The van der Waals surface area contributed by atoms with E-state index in [1.54, 1.807) is 54.6 Å². The number of hydrogen-bond acceptors (Lipinski definition) is 6. The van der Waals surface area contributed by atoms with Gasteiger partial charge in [0.1, 0.15) is 5.57 Å². The fourth-order valence-electron chi connectivity index (χ4n) is 3.43. The molecule has 1 aliphatic rings. The van der Waals surface area contributed by atoms with E-state index in [0.717, 1.165) is 9.37 Å². The largest absolute Gasteiger partial charge is 0.493 e. The summed E-state index contributed by atoms with van der Waals surface area (Å²) in [6, 6.07) is 17.1. The lowest BCUT2D eigenvalue weighted by atomic mass is 10.1. The van der Waals surface area contributed by atoms with Gasteiger partial charge in [-0.25, -0.2) is 9.69 Å². The van der Waals surface area contributed by atoms with Crippen molar-refractivity contribution in [2.45, 2.75) is 0 Å². The van der Waals surface area contributed by atoms with Gasteiger partial charge in [-0.3, -0.25) is 19.7 Å². The van der Waals surface area contributed by atoms with Crippen LogP contribution >= 0.6 is 27.5 Å². The third-order valence-corrected chi connectivity index (χ3v) is 6.05. The second kappa shape index (κ2) is 11.3. The second-order valence-electron chi connectivity index (χ2n) is 7.66. The predicted octanol–water partition coefficient (Wildman–Crippen LogP) is 4.80. The lowest BCUT2D eigenvalue weighted by Gasteiger charge is -2.26. The van der Waals surface area contributed by atoms with Crippen LogP contribution in [-0.2, 0) is 14.4 Å². The number of methoxy groups -OCH3 is 1. The number of rotatable bonds is 7. The average molecular weight is 585 g/mol. The Morgan fingerprint density at radius 1 is 1.05 bits per heavy atom. The predicted molar refractivity (Wildman–Crippen MR) is 142 cm³/mol. The summed E-state index contributed by atoms with van der Waals surface area (Å²) >= 11 is 9.35. The minimum Gasteiger partial charge on any atom is -0.493 e. The molecular weight excluding hydrogens is 566 g/mol. The molecule has 2 N–H and O–H groups in total. The van der Waals surface area contributed by atoms with Crippen molar-refractivity contribution in [3.05, 3.63) is 87.4 Å². The molecule has 1 saturated heterocycles. The van der Waals surface area contributed by atoms with Gasteiger partial charge in [0.05, 0.1) is 23.5 Å². The van der Waals surface area contributed by atoms with Crippen LogP contribution < -0.4 is 25.0 Å². The van der Waals surface area contributed by atoms with Crippen molar-refractivity contribution >= 4 is 68.7 Å². The molecule has 0 atom stereocenters. The van der Waals surface area contributed by atoms with Crippen molar-refractivity contribution in [2.75, 3.05) is 23.9 Å². The van der Waals surface area contributed by atoms with E-state index in [2.05, 4.69) is 26.6 Å². The summed E-state index contributed by atoms with van der Waals surface area (Å²) in [4.78, 5) is 51.0. The average Bonchev–Trinajstić information content (AvgIpc) is 2.88. The molecule has 1 heterocycles. The Kier molecular flexibility index (Phi) is 7.90. The topological polar surface area (TPSA) is 114 Å². The first kappa shape index (κ1) is 25.9. The molecule has 9 nitrogen and oxygen atoms in total. The Bertz CT molecular complexity index is 1420. The van der Waals surface area contributed by atoms with Crippen molar-refractivity contribution in [1.29, 1.82) is 0 Å². The van der Waals surface area contributed by atoms with Crippen molar-refractivity contribution in [3.8, 4) is 11.5 Å². The molecule has 37 heavy (non-hydrogen) atoms. The van der Waals surface area contributed by atoms with Crippen LogP contribution in [0.4, 0.5) is 16.2 Å². The molecule has 0 saturated carbocycles. The van der Waals surface area contributed by atoms with Gasteiger partial charge in [0.25, 0.3) is 17.7 Å². The normalized spacial score (nSPS) is 14.4. The van der Waals surface area contributed by atoms with Crippen LogP contribution in [0.1, 0.15) is 5.56 Å². The molecule has 3 aromatic carbocycles.